The van der Waals surface area contributed by atoms with Crippen LogP contribution in [-0.4, -0.2) is 76.5 Å². The van der Waals surface area contributed by atoms with Gasteiger partial charge in [0.2, 0.25) is 0 Å². The van der Waals surface area contributed by atoms with Gasteiger partial charge < -0.3 is 53.8 Å². The first-order valence-corrected chi connectivity index (χ1v) is 21.4. The van der Waals surface area contributed by atoms with Crippen molar-refractivity contribution >= 4 is 0 Å². The van der Waals surface area contributed by atoms with Crippen molar-refractivity contribution in [2.45, 2.75) is 82.3 Å². The molecule has 0 spiro atoms. The van der Waals surface area contributed by atoms with Gasteiger partial charge in [-0.1, -0.05) is 6.07 Å². The number of benzene rings is 4. The average Bonchev–Trinajstić information content (AvgIpc) is 3.30. The molecule has 11 nitrogen and oxygen atoms in total. The Morgan fingerprint density at radius 3 is 1.07 bits per heavy atom. The third kappa shape index (κ3) is 9.23. The van der Waals surface area contributed by atoms with Crippen molar-refractivity contribution in [3.63, 3.8) is 0 Å². The van der Waals surface area contributed by atoms with Gasteiger partial charge in [-0.3, -0.25) is 0 Å². The highest BCUT2D eigenvalue weighted by Crippen LogP contribution is 2.48. The summed E-state index contributed by atoms with van der Waals surface area (Å²) in [6.07, 6.45) is 9.65. The van der Waals surface area contributed by atoms with Crippen molar-refractivity contribution < 1.29 is 37.9 Å². The van der Waals surface area contributed by atoms with Gasteiger partial charge in [-0.25, -0.2) is 0 Å². The Morgan fingerprint density at radius 2 is 0.733 bits per heavy atom. The molecule has 60 heavy (non-hydrogen) atoms. The van der Waals surface area contributed by atoms with E-state index < -0.39 is 0 Å². The largest absolute Gasteiger partial charge is 0.493 e. The lowest BCUT2D eigenvalue weighted by Crippen LogP contribution is -2.36. The molecule has 0 bridgehead atoms. The van der Waals surface area contributed by atoms with Gasteiger partial charge in [0.15, 0.2) is 46.0 Å². The van der Waals surface area contributed by atoms with Crippen LogP contribution >= 0.6 is 0 Å². The van der Waals surface area contributed by atoms with Gasteiger partial charge in [-0.05, 0) is 177 Å². The second-order valence-electron chi connectivity index (χ2n) is 16.5. The first kappa shape index (κ1) is 43.3. The Bertz CT molecular complexity index is 1900. The molecule has 0 radical (unpaired) electrons. The molecule has 3 N–H and O–H groups in total. The fourth-order valence-electron chi connectivity index (χ4n) is 10.1. The van der Waals surface area contributed by atoms with Crippen molar-refractivity contribution in [2.75, 3.05) is 76.5 Å². The second kappa shape index (κ2) is 19.7. The summed E-state index contributed by atoms with van der Waals surface area (Å²) >= 11 is 0. The van der Waals surface area contributed by atoms with E-state index in [9.17, 15) is 0 Å². The van der Waals surface area contributed by atoms with Gasteiger partial charge in [0.25, 0.3) is 0 Å². The zero-order valence-electron chi connectivity index (χ0n) is 36.9. The first-order valence-electron chi connectivity index (χ1n) is 21.4. The van der Waals surface area contributed by atoms with Crippen molar-refractivity contribution in [1.82, 2.24) is 16.0 Å². The maximum absolute atomic E-state index is 5.87. The standard InChI is InChI=1S/C49H65N3O8/c1-53-41-10-9-31(23-42(41)54-2)30-49(17-11-38-35-27-46(58-6)43(55-3)24-32(35)14-20-50-38,18-12-39-36-28-47(59-7)44(56-4)25-33(36)15-21-51-39)19-13-40-37-29-48(60-8)45(57-5)26-34(37)16-22-52-40/h9-10,23-29,38-40,50-52H,11-22,30H2,1-8H3. The Morgan fingerprint density at radius 1 is 0.417 bits per heavy atom. The summed E-state index contributed by atoms with van der Waals surface area (Å²) < 4.78 is 46.2. The lowest BCUT2D eigenvalue weighted by molar-refractivity contribution is 0.171. The van der Waals surface area contributed by atoms with Gasteiger partial charge in [0.05, 0.1) is 56.9 Å². The van der Waals surface area contributed by atoms with Crippen LogP contribution in [0.2, 0.25) is 0 Å². The minimum atomic E-state index is -0.0961. The summed E-state index contributed by atoms with van der Waals surface area (Å²) in [7, 11) is 13.7. The van der Waals surface area contributed by atoms with Crippen LogP contribution < -0.4 is 53.8 Å². The molecule has 0 saturated carbocycles. The molecular weight excluding hydrogens is 759 g/mol. The smallest absolute Gasteiger partial charge is 0.161 e. The highest BCUT2D eigenvalue weighted by Gasteiger charge is 2.36. The maximum atomic E-state index is 5.87. The van der Waals surface area contributed by atoms with E-state index >= 15 is 0 Å². The van der Waals surface area contributed by atoms with Crippen molar-refractivity contribution in [1.29, 1.82) is 0 Å². The van der Waals surface area contributed by atoms with E-state index in [1.54, 1.807) is 56.9 Å². The van der Waals surface area contributed by atoms with Gasteiger partial charge >= 0.3 is 0 Å². The minimum Gasteiger partial charge on any atom is -0.493 e. The summed E-state index contributed by atoms with van der Waals surface area (Å²) in [5.74, 6) is 6.13. The number of rotatable bonds is 19. The monoisotopic (exact) mass is 823 g/mol. The van der Waals surface area contributed by atoms with Gasteiger partial charge in [0, 0.05) is 18.1 Å². The molecular formula is C49H65N3O8. The molecule has 324 valence electrons. The van der Waals surface area contributed by atoms with Gasteiger partial charge in [0.1, 0.15) is 0 Å². The van der Waals surface area contributed by atoms with E-state index in [-0.39, 0.29) is 23.5 Å². The molecule has 0 saturated heterocycles. The summed E-state index contributed by atoms with van der Waals surface area (Å²) in [4.78, 5) is 0. The summed E-state index contributed by atoms with van der Waals surface area (Å²) in [6, 6.07) is 20.1. The van der Waals surface area contributed by atoms with Crippen LogP contribution in [-0.2, 0) is 25.7 Å². The maximum Gasteiger partial charge on any atom is 0.161 e. The highest BCUT2D eigenvalue weighted by molar-refractivity contribution is 5.52. The molecule has 3 aliphatic heterocycles. The van der Waals surface area contributed by atoms with E-state index in [0.29, 0.717) is 0 Å². The van der Waals surface area contributed by atoms with Crippen LogP contribution in [0.1, 0.15) is 95.6 Å². The SMILES string of the molecule is COc1ccc(CC(CCC2NCCc3cc(OC)c(OC)cc32)(CCC2NCCc3cc(OC)c(OC)cc32)CCC2NCCc3cc(OC)c(OC)cc32)cc1OC. The minimum absolute atomic E-state index is 0.0961. The van der Waals surface area contributed by atoms with Crippen molar-refractivity contribution in [3.05, 3.63) is 93.5 Å². The Labute approximate surface area is 356 Å². The van der Waals surface area contributed by atoms with Gasteiger partial charge in [-0.15, -0.1) is 0 Å². The summed E-state index contributed by atoms with van der Waals surface area (Å²) in [5, 5.41) is 11.7. The van der Waals surface area contributed by atoms with Crippen molar-refractivity contribution in [3.8, 4) is 46.0 Å². The predicted octanol–water partition coefficient (Wildman–Crippen LogP) is 8.29. The number of hydrogen-bond donors (Lipinski definition) is 3. The van der Waals surface area contributed by atoms with Crippen LogP contribution in [0.5, 0.6) is 46.0 Å². The zero-order chi connectivity index (χ0) is 42.2. The molecule has 3 atom stereocenters. The zero-order valence-corrected chi connectivity index (χ0v) is 36.9. The third-order valence-electron chi connectivity index (χ3n) is 13.3. The highest BCUT2D eigenvalue weighted by atomic mass is 16.5. The van der Waals surface area contributed by atoms with Crippen LogP contribution in [0.15, 0.2) is 54.6 Å². The van der Waals surface area contributed by atoms with E-state index in [0.717, 1.165) is 130 Å². The number of hydrogen-bond acceptors (Lipinski definition) is 11. The molecule has 3 unspecified atom stereocenters. The Balaban J connectivity index is 1.28. The molecule has 0 aliphatic carbocycles. The van der Waals surface area contributed by atoms with Crippen molar-refractivity contribution in [2.24, 2.45) is 5.41 Å². The van der Waals surface area contributed by atoms with Crippen LogP contribution in [0.25, 0.3) is 0 Å². The third-order valence-corrected chi connectivity index (χ3v) is 13.3. The van der Waals surface area contributed by atoms with E-state index in [2.05, 4.69) is 70.5 Å². The van der Waals surface area contributed by atoms with Crippen LogP contribution in [0.3, 0.4) is 0 Å². The molecule has 4 aromatic carbocycles. The van der Waals surface area contributed by atoms with Crippen LogP contribution in [0, 0.1) is 5.41 Å². The first-order chi connectivity index (χ1) is 29.3. The van der Waals surface area contributed by atoms with Gasteiger partial charge in [-0.2, -0.15) is 0 Å². The molecule has 4 aromatic rings. The summed E-state index contributed by atoms with van der Waals surface area (Å²) in [5.41, 5.74) is 9.00. The molecule has 0 fully saturated rings. The predicted molar refractivity (Wildman–Crippen MR) is 235 cm³/mol. The van der Waals surface area contributed by atoms with E-state index in [1.807, 2.05) is 0 Å². The number of fused-ring (bicyclic) bond motifs is 3. The Hall–Kier alpha value is -4.84. The molecule has 0 aromatic heterocycles. The Kier molecular flexibility index (Phi) is 14.2. The summed E-state index contributed by atoms with van der Waals surface area (Å²) in [6.45, 7) is 2.74. The lowest BCUT2D eigenvalue weighted by atomic mass is 9.68. The molecule has 11 heteroatoms. The fraction of sp³-hybridized carbons (Fsp3) is 0.510. The number of ether oxygens (including phenoxy) is 8. The molecule has 3 aliphatic rings. The van der Waals surface area contributed by atoms with Crippen LogP contribution in [0.4, 0.5) is 0 Å². The molecule has 3 heterocycles. The number of methoxy groups -OCH3 is 8. The average molecular weight is 824 g/mol. The molecule has 0 amide bonds. The topological polar surface area (TPSA) is 110 Å². The number of nitrogens with one attached hydrogen (secondary N) is 3. The fourth-order valence-corrected chi connectivity index (χ4v) is 10.1. The second-order valence-corrected chi connectivity index (χ2v) is 16.5. The van der Waals surface area contributed by atoms with E-state index in [4.69, 9.17) is 37.9 Å². The normalized spacial score (nSPS) is 19.2. The lowest BCUT2D eigenvalue weighted by Gasteiger charge is -2.40. The quantitative estimate of drug-likeness (QED) is 0.0851. The van der Waals surface area contributed by atoms with E-state index in [1.165, 1.54) is 38.9 Å². The molecule has 7 rings (SSSR count).